The largest absolute Gasteiger partial charge is 0.392 e. The lowest BCUT2D eigenvalue weighted by atomic mass is 9.94. The summed E-state index contributed by atoms with van der Waals surface area (Å²) in [5.74, 6) is 0. The first-order chi connectivity index (χ1) is 10.8. The zero-order valence-corrected chi connectivity index (χ0v) is 14.9. The molecule has 0 saturated carbocycles. The van der Waals surface area contributed by atoms with E-state index in [0.717, 1.165) is 35.8 Å². The molecule has 0 amide bonds. The lowest BCUT2D eigenvalue weighted by Crippen LogP contribution is -2.08. The van der Waals surface area contributed by atoms with Crippen LogP contribution in [0.25, 0.3) is 11.3 Å². The first kappa shape index (κ1) is 17.6. The van der Waals surface area contributed by atoms with Crippen LogP contribution in [0.5, 0.6) is 0 Å². The van der Waals surface area contributed by atoms with Crippen molar-refractivity contribution in [3.63, 3.8) is 0 Å². The third-order valence-corrected chi connectivity index (χ3v) is 5.27. The maximum Gasteiger partial charge on any atom is 0.176 e. The van der Waals surface area contributed by atoms with E-state index in [4.69, 9.17) is 0 Å². The molecule has 1 N–H and O–H groups in total. The molecule has 2 aromatic rings. The second-order valence-electron chi connectivity index (χ2n) is 5.66. The molecule has 4 nitrogen and oxygen atoms in total. The van der Waals surface area contributed by atoms with Gasteiger partial charge in [-0.3, -0.25) is 4.98 Å². The molecule has 0 aliphatic rings. The maximum atomic E-state index is 12.1. The SMILES string of the molecule is CCc1cccc(CC)c1-c1cc(S(C)(=O)=O)c(CO)c(C)n1. The Morgan fingerprint density at radius 2 is 1.70 bits per heavy atom. The van der Waals surface area contributed by atoms with Crippen LogP contribution in [0.3, 0.4) is 0 Å². The van der Waals surface area contributed by atoms with Gasteiger partial charge in [0.15, 0.2) is 9.84 Å². The van der Waals surface area contributed by atoms with Crippen LogP contribution in [-0.4, -0.2) is 24.8 Å². The highest BCUT2D eigenvalue weighted by atomic mass is 32.2. The Hall–Kier alpha value is -1.72. The molecule has 5 heteroatoms. The van der Waals surface area contributed by atoms with Crippen LogP contribution in [0.4, 0.5) is 0 Å². The van der Waals surface area contributed by atoms with Crippen LogP contribution in [0, 0.1) is 6.92 Å². The van der Waals surface area contributed by atoms with Crippen molar-refractivity contribution in [2.45, 2.75) is 45.1 Å². The van der Waals surface area contributed by atoms with Gasteiger partial charge in [-0.2, -0.15) is 0 Å². The van der Waals surface area contributed by atoms with E-state index >= 15 is 0 Å². The number of sulfone groups is 1. The monoisotopic (exact) mass is 333 g/mol. The summed E-state index contributed by atoms with van der Waals surface area (Å²) >= 11 is 0. The minimum Gasteiger partial charge on any atom is -0.392 e. The van der Waals surface area contributed by atoms with Crippen LogP contribution in [-0.2, 0) is 29.3 Å². The number of aliphatic hydroxyl groups excluding tert-OH is 1. The third-order valence-electron chi connectivity index (χ3n) is 4.10. The quantitative estimate of drug-likeness (QED) is 0.913. The standard InChI is InChI=1S/C18H23NO3S/c1-5-13-8-7-9-14(6-2)18(13)16-10-17(23(4,21)22)15(11-20)12(3)19-16/h7-10,20H,5-6,11H2,1-4H3. The van der Waals surface area contributed by atoms with E-state index in [2.05, 4.69) is 18.8 Å². The predicted molar refractivity (Wildman–Crippen MR) is 92.2 cm³/mol. The highest BCUT2D eigenvalue weighted by molar-refractivity contribution is 7.90. The summed E-state index contributed by atoms with van der Waals surface area (Å²) in [7, 11) is -3.44. The van der Waals surface area contributed by atoms with Crippen molar-refractivity contribution < 1.29 is 13.5 Å². The first-order valence-corrected chi connectivity index (χ1v) is 9.65. The van der Waals surface area contributed by atoms with Gasteiger partial charge in [0.2, 0.25) is 0 Å². The number of aliphatic hydroxyl groups is 1. The molecule has 2 rings (SSSR count). The van der Waals surface area contributed by atoms with Gasteiger partial charge in [0.05, 0.1) is 17.2 Å². The molecule has 1 heterocycles. The summed E-state index contributed by atoms with van der Waals surface area (Å²) in [6.07, 6.45) is 2.86. The number of benzene rings is 1. The fourth-order valence-corrected chi connectivity index (χ4v) is 3.88. The number of hydrogen-bond donors (Lipinski definition) is 1. The van der Waals surface area contributed by atoms with Crippen molar-refractivity contribution >= 4 is 9.84 Å². The van der Waals surface area contributed by atoms with Crippen LogP contribution in [0.1, 0.15) is 36.2 Å². The number of rotatable bonds is 5. The molecule has 0 spiro atoms. The zero-order valence-electron chi connectivity index (χ0n) is 14.0. The number of hydrogen-bond acceptors (Lipinski definition) is 4. The minimum absolute atomic E-state index is 0.162. The van der Waals surface area contributed by atoms with Gasteiger partial charge in [0.25, 0.3) is 0 Å². The fourth-order valence-electron chi connectivity index (χ4n) is 2.89. The van der Waals surface area contributed by atoms with E-state index < -0.39 is 9.84 Å². The van der Waals surface area contributed by atoms with E-state index in [1.165, 1.54) is 0 Å². The lowest BCUT2D eigenvalue weighted by Gasteiger charge is -2.16. The Balaban J connectivity index is 2.84. The molecule has 0 aliphatic carbocycles. The molecule has 0 unspecified atom stereocenters. The second-order valence-corrected chi connectivity index (χ2v) is 7.64. The van der Waals surface area contributed by atoms with Gasteiger partial charge in [-0.15, -0.1) is 0 Å². The molecule has 0 fully saturated rings. The Morgan fingerprint density at radius 1 is 1.13 bits per heavy atom. The Kier molecular flexibility index (Phi) is 5.22. The van der Waals surface area contributed by atoms with Crippen molar-refractivity contribution in [1.82, 2.24) is 4.98 Å². The van der Waals surface area contributed by atoms with E-state index in [1.54, 1.807) is 13.0 Å². The summed E-state index contributed by atoms with van der Waals surface area (Å²) in [5.41, 5.74) is 4.89. The fraction of sp³-hybridized carbons (Fsp3) is 0.389. The van der Waals surface area contributed by atoms with Crippen LogP contribution in [0.15, 0.2) is 29.2 Å². The Labute approximate surface area is 138 Å². The Bertz CT molecular complexity index is 804. The van der Waals surface area contributed by atoms with Crippen LogP contribution < -0.4 is 0 Å². The maximum absolute atomic E-state index is 12.1. The van der Waals surface area contributed by atoms with Crippen molar-refractivity contribution in [1.29, 1.82) is 0 Å². The number of pyridine rings is 1. The van der Waals surface area contributed by atoms with Gasteiger partial charge in [-0.25, -0.2) is 8.42 Å². The average Bonchev–Trinajstić information content (AvgIpc) is 2.52. The topological polar surface area (TPSA) is 67.3 Å². The Morgan fingerprint density at radius 3 is 2.13 bits per heavy atom. The average molecular weight is 333 g/mol. The van der Waals surface area contributed by atoms with Crippen LogP contribution in [0.2, 0.25) is 0 Å². The molecule has 1 aromatic carbocycles. The number of aryl methyl sites for hydroxylation is 3. The van der Waals surface area contributed by atoms with Gasteiger partial charge in [0.1, 0.15) is 0 Å². The predicted octanol–water partition coefficient (Wildman–Crippen LogP) is 3.08. The molecular weight excluding hydrogens is 310 g/mol. The normalized spacial score (nSPS) is 11.7. The second kappa shape index (κ2) is 6.81. The number of nitrogens with zero attached hydrogens (tertiary/aromatic N) is 1. The summed E-state index contributed by atoms with van der Waals surface area (Å²) in [6, 6.07) is 7.71. The molecule has 124 valence electrons. The first-order valence-electron chi connectivity index (χ1n) is 7.76. The molecule has 0 atom stereocenters. The highest BCUT2D eigenvalue weighted by Crippen LogP contribution is 2.31. The molecule has 0 saturated heterocycles. The van der Waals surface area contributed by atoms with E-state index in [1.807, 2.05) is 18.2 Å². The number of aromatic nitrogens is 1. The molecule has 23 heavy (non-hydrogen) atoms. The summed E-state index contributed by atoms with van der Waals surface area (Å²) < 4.78 is 24.2. The van der Waals surface area contributed by atoms with E-state index in [9.17, 15) is 13.5 Å². The molecule has 1 aromatic heterocycles. The molecule has 0 aliphatic heterocycles. The lowest BCUT2D eigenvalue weighted by molar-refractivity contribution is 0.277. The van der Waals surface area contributed by atoms with Gasteiger partial charge < -0.3 is 5.11 Å². The molecule has 0 radical (unpaired) electrons. The smallest absolute Gasteiger partial charge is 0.176 e. The summed E-state index contributed by atoms with van der Waals surface area (Å²) in [4.78, 5) is 4.74. The zero-order chi connectivity index (χ0) is 17.2. The van der Waals surface area contributed by atoms with Crippen molar-refractivity contribution in [2.75, 3.05) is 6.26 Å². The summed E-state index contributed by atoms with van der Waals surface area (Å²) in [5, 5.41) is 9.52. The molecule has 0 bridgehead atoms. The van der Waals surface area contributed by atoms with Gasteiger partial charge >= 0.3 is 0 Å². The van der Waals surface area contributed by atoms with Crippen molar-refractivity contribution in [3.8, 4) is 11.3 Å². The highest BCUT2D eigenvalue weighted by Gasteiger charge is 2.20. The third kappa shape index (κ3) is 3.46. The van der Waals surface area contributed by atoms with Crippen LogP contribution >= 0.6 is 0 Å². The molecular formula is C18H23NO3S. The van der Waals surface area contributed by atoms with E-state index in [0.29, 0.717) is 17.0 Å². The van der Waals surface area contributed by atoms with Gasteiger partial charge in [0, 0.05) is 23.1 Å². The minimum atomic E-state index is -3.44. The van der Waals surface area contributed by atoms with Crippen molar-refractivity contribution in [2.24, 2.45) is 0 Å². The van der Waals surface area contributed by atoms with Gasteiger partial charge in [-0.05, 0) is 37.0 Å². The van der Waals surface area contributed by atoms with Crippen molar-refractivity contribution in [3.05, 3.63) is 46.6 Å². The van der Waals surface area contributed by atoms with E-state index in [-0.39, 0.29) is 11.5 Å². The van der Waals surface area contributed by atoms with Gasteiger partial charge in [-0.1, -0.05) is 32.0 Å². The summed E-state index contributed by atoms with van der Waals surface area (Å²) in [6.45, 7) is 5.55.